The summed E-state index contributed by atoms with van der Waals surface area (Å²) < 4.78 is 5.78. The minimum Gasteiger partial charge on any atom is -0.496 e. The van der Waals surface area contributed by atoms with Crippen LogP contribution in [0.25, 0.3) is 0 Å². The number of fused-ring (bicyclic) bond motifs is 3. The van der Waals surface area contributed by atoms with Crippen molar-refractivity contribution in [2.75, 3.05) is 20.2 Å². The summed E-state index contributed by atoms with van der Waals surface area (Å²) in [5.74, 6) is -2.99. The van der Waals surface area contributed by atoms with Gasteiger partial charge in [0.2, 0.25) is 0 Å². The van der Waals surface area contributed by atoms with Crippen molar-refractivity contribution in [3.63, 3.8) is 0 Å². The first-order valence-electron chi connectivity index (χ1n) is 16.4. The van der Waals surface area contributed by atoms with E-state index >= 15 is 0 Å². The van der Waals surface area contributed by atoms with Crippen LogP contribution in [0.15, 0.2) is 78.9 Å². The fourth-order valence-corrected chi connectivity index (χ4v) is 7.02. The number of aliphatic hydroxyl groups is 1. The van der Waals surface area contributed by atoms with Gasteiger partial charge in [-0.3, -0.25) is 14.5 Å². The summed E-state index contributed by atoms with van der Waals surface area (Å²) in [6.07, 6.45) is 0.274. The number of rotatable bonds is 12. The molecule has 0 aromatic heterocycles. The molecule has 0 unspecified atom stereocenters. The van der Waals surface area contributed by atoms with Crippen LogP contribution in [0.4, 0.5) is 0 Å². The molecule has 0 spiro atoms. The molecule has 266 valence electrons. The van der Waals surface area contributed by atoms with E-state index in [-0.39, 0.29) is 10.9 Å². The van der Waals surface area contributed by atoms with E-state index in [2.05, 4.69) is 110 Å². The average molecular weight is 679 g/mol. The maximum absolute atomic E-state index is 10.3. The molecule has 7 N–H and O–H groups in total. The Kier molecular flexibility index (Phi) is 13.5. The predicted octanol–water partition coefficient (Wildman–Crippen LogP) is 4.30. The summed E-state index contributed by atoms with van der Waals surface area (Å²) in [5.41, 5.74) is 2.81. The first-order chi connectivity index (χ1) is 22.7. The summed E-state index contributed by atoms with van der Waals surface area (Å²) in [6.45, 7) is 10.1. The fourth-order valence-electron chi connectivity index (χ4n) is 7.02. The molecule has 2 bridgehead atoms. The Morgan fingerprint density at radius 2 is 1.37 bits per heavy atom. The molecule has 3 fully saturated rings. The maximum Gasteiger partial charge on any atom is 0.336 e. The summed E-state index contributed by atoms with van der Waals surface area (Å²) >= 11 is 0. The molecule has 3 aromatic rings. The lowest BCUT2D eigenvalue weighted by atomic mass is 9.70. The maximum atomic E-state index is 10.3. The lowest BCUT2D eigenvalue weighted by Gasteiger charge is -2.54. The number of ether oxygens (including phenoxy) is 1. The SMILES string of the molecule is COc1ccc(C(C)(C)C)cc1CN[C@@H]1C2CCN(CC2)[C@H]1C(c1ccccc1)c1ccccc1.O.O=C(O)CC(O)(CC(=O)O)C(=O)O. The molecule has 0 amide bonds. The number of nitrogens with one attached hydrogen (secondary N) is 1. The molecule has 6 rings (SSSR count). The van der Waals surface area contributed by atoms with Crippen molar-refractivity contribution < 1.29 is 45.0 Å². The Bertz CT molecular complexity index is 1480. The van der Waals surface area contributed by atoms with Crippen molar-refractivity contribution in [2.24, 2.45) is 5.92 Å². The molecule has 3 aromatic carbocycles. The minimum atomic E-state index is -2.74. The molecule has 11 heteroatoms. The zero-order valence-corrected chi connectivity index (χ0v) is 28.6. The predicted molar refractivity (Wildman–Crippen MR) is 186 cm³/mol. The highest BCUT2D eigenvalue weighted by Gasteiger charge is 2.46. The third-order valence-corrected chi connectivity index (χ3v) is 9.49. The largest absolute Gasteiger partial charge is 0.496 e. The molecule has 2 atom stereocenters. The monoisotopic (exact) mass is 678 g/mol. The van der Waals surface area contributed by atoms with Crippen LogP contribution in [0.5, 0.6) is 5.75 Å². The van der Waals surface area contributed by atoms with Crippen molar-refractivity contribution in [1.82, 2.24) is 10.2 Å². The van der Waals surface area contributed by atoms with Gasteiger partial charge < -0.3 is 36.0 Å². The molecule has 0 saturated carbocycles. The van der Waals surface area contributed by atoms with Gasteiger partial charge in [-0.1, -0.05) is 93.6 Å². The van der Waals surface area contributed by atoms with E-state index in [1.165, 1.54) is 48.2 Å². The van der Waals surface area contributed by atoms with Crippen molar-refractivity contribution in [3.8, 4) is 5.75 Å². The summed E-state index contributed by atoms with van der Waals surface area (Å²) in [4.78, 5) is 33.2. The van der Waals surface area contributed by atoms with Crippen molar-refractivity contribution in [2.45, 2.75) is 82.0 Å². The van der Waals surface area contributed by atoms with Crippen molar-refractivity contribution >= 4 is 17.9 Å². The van der Waals surface area contributed by atoms with E-state index in [0.717, 1.165) is 12.3 Å². The van der Waals surface area contributed by atoms with Gasteiger partial charge in [0.15, 0.2) is 5.60 Å². The molecule has 0 radical (unpaired) electrons. The van der Waals surface area contributed by atoms with Gasteiger partial charge in [-0.2, -0.15) is 0 Å². The lowest BCUT2D eigenvalue weighted by molar-refractivity contribution is -0.170. The lowest BCUT2D eigenvalue weighted by Crippen LogP contribution is -2.64. The normalized spacial score (nSPS) is 20.0. The van der Waals surface area contributed by atoms with Gasteiger partial charge >= 0.3 is 17.9 Å². The molecule has 3 aliphatic rings. The smallest absolute Gasteiger partial charge is 0.336 e. The van der Waals surface area contributed by atoms with E-state index in [4.69, 9.17) is 25.2 Å². The minimum absolute atomic E-state index is 0. The van der Waals surface area contributed by atoms with E-state index in [1.807, 2.05) is 0 Å². The number of benzene rings is 3. The van der Waals surface area contributed by atoms with E-state index < -0.39 is 36.4 Å². The van der Waals surface area contributed by atoms with Gasteiger partial charge in [0.05, 0.1) is 20.0 Å². The average Bonchev–Trinajstić information content (AvgIpc) is 3.04. The highest BCUT2D eigenvalue weighted by molar-refractivity contribution is 5.88. The Hall–Kier alpha value is -4.29. The van der Waals surface area contributed by atoms with Gasteiger partial charge in [0, 0.05) is 30.1 Å². The van der Waals surface area contributed by atoms with Crippen LogP contribution in [-0.2, 0) is 26.3 Å². The molecule has 11 nitrogen and oxygen atoms in total. The Morgan fingerprint density at radius 1 is 0.857 bits per heavy atom. The number of hydrogen-bond acceptors (Lipinski definition) is 7. The van der Waals surface area contributed by atoms with Gasteiger partial charge in [-0.25, -0.2) is 4.79 Å². The molecular weight excluding hydrogens is 628 g/mol. The van der Waals surface area contributed by atoms with Crippen molar-refractivity contribution in [1.29, 1.82) is 0 Å². The molecule has 3 aliphatic heterocycles. The number of hydrogen-bond donors (Lipinski definition) is 5. The Morgan fingerprint density at radius 3 is 1.80 bits per heavy atom. The van der Waals surface area contributed by atoms with Crippen LogP contribution in [0, 0.1) is 5.92 Å². The Balaban J connectivity index is 0.000000398. The third kappa shape index (κ3) is 9.88. The molecule has 49 heavy (non-hydrogen) atoms. The van der Waals surface area contributed by atoms with Crippen LogP contribution in [0.3, 0.4) is 0 Å². The number of carboxylic acid groups (broad SMARTS) is 3. The first kappa shape index (κ1) is 39.2. The van der Waals surface area contributed by atoms with E-state index in [9.17, 15) is 14.4 Å². The number of carboxylic acids is 3. The van der Waals surface area contributed by atoms with Crippen LogP contribution in [-0.4, -0.2) is 86.6 Å². The molecule has 0 aliphatic carbocycles. The number of nitrogens with zero attached hydrogens (tertiary/aromatic N) is 1. The Labute approximate surface area is 287 Å². The third-order valence-electron chi connectivity index (χ3n) is 9.49. The number of carbonyl (C=O) groups is 3. The van der Waals surface area contributed by atoms with E-state index in [1.54, 1.807) is 7.11 Å². The second-order valence-corrected chi connectivity index (χ2v) is 13.8. The topological polar surface area (TPSA) is 188 Å². The van der Waals surface area contributed by atoms with Crippen LogP contribution >= 0.6 is 0 Å². The zero-order chi connectivity index (χ0) is 35.1. The standard InChI is InChI=1S/C32H40N2O.C6H8O7.H2O/c1-32(2,3)27-15-16-28(35-4)26(21-27)22-33-30-25-17-19-34(20-18-25)31(30)29(23-11-7-5-8-12-23)24-13-9-6-10-14-24;7-3(8)1-6(13,5(11)12)2-4(9)10;/h5-16,21,25,29-31,33H,17-20,22H2,1-4H3;13H,1-2H2,(H,7,8)(H,9,10)(H,11,12);1H2/t30-,31+;;/m1../s1. The number of aliphatic carboxylic acids is 3. The zero-order valence-electron chi connectivity index (χ0n) is 28.6. The summed E-state index contributed by atoms with van der Waals surface area (Å²) in [7, 11) is 1.79. The van der Waals surface area contributed by atoms with Gasteiger partial charge in [-0.05, 0) is 60.0 Å². The van der Waals surface area contributed by atoms with Crippen LogP contribution in [0.1, 0.15) is 74.6 Å². The fraction of sp³-hybridized carbons (Fsp3) is 0.447. The first-order valence-corrected chi connectivity index (χ1v) is 16.4. The number of piperidine rings is 3. The van der Waals surface area contributed by atoms with Gasteiger partial charge in [0.25, 0.3) is 0 Å². The van der Waals surface area contributed by atoms with Crippen LogP contribution < -0.4 is 10.1 Å². The van der Waals surface area contributed by atoms with Crippen molar-refractivity contribution in [3.05, 3.63) is 101 Å². The molecule has 3 saturated heterocycles. The second kappa shape index (κ2) is 16.9. The molecule has 3 heterocycles. The van der Waals surface area contributed by atoms with Crippen LogP contribution in [0.2, 0.25) is 0 Å². The highest BCUT2D eigenvalue weighted by atomic mass is 16.5. The number of methoxy groups -OCH3 is 1. The molecular formula is C38H50N2O9. The van der Waals surface area contributed by atoms with E-state index in [0.29, 0.717) is 23.9 Å². The van der Waals surface area contributed by atoms with Gasteiger partial charge in [-0.15, -0.1) is 0 Å². The quantitative estimate of drug-likeness (QED) is 0.185. The highest BCUT2D eigenvalue weighted by Crippen LogP contribution is 2.42. The van der Waals surface area contributed by atoms with Gasteiger partial charge in [0.1, 0.15) is 5.75 Å². The second-order valence-electron chi connectivity index (χ2n) is 13.8. The summed E-state index contributed by atoms with van der Waals surface area (Å²) in [5, 5.41) is 37.9. The summed E-state index contributed by atoms with van der Waals surface area (Å²) in [6, 6.07) is 29.8.